The van der Waals surface area contributed by atoms with Gasteiger partial charge in [0.25, 0.3) is 5.91 Å². The fourth-order valence-corrected chi connectivity index (χ4v) is 3.52. The predicted octanol–water partition coefficient (Wildman–Crippen LogP) is 4.26. The summed E-state index contributed by atoms with van der Waals surface area (Å²) >= 11 is 6.02. The Morgan fingerprint density at radius 2 is 1.72 bits per heavy atom. The highest BCUT2D eigenvalue weighted by Gasteiger charge is 2.28. The SMILES string of the molecule is CC(=O)Oc1ccc(CC2=C(C)C(=O)C(C)=C(C)C2=O)cc1C(=O)Nc1cccnc1Cl. The van der Waals surface area contributed by atoms with E-state index >= 15 is 0 Å². The Labute approximate surface area is 190 Å². The van der Waals surface area contributed by atoms with Gasteiger partial charge in [0.05, 0.1) is 11.3 Å². The highest BCUT2D eigenvalue weighted by molar-refractivity contribution is 6.32. The summed E-state index contributed by atoms with van der Waals surface area (Å²) in [6, 6.07) is 7.85. The number of Topliss-reactive ketones (excluding diaryl/α,β-unsaturated/α-hetero) is 2. The molecule has 2 aromatic rings. The first-order chi connectivity index (χ1) is 15.1. The largest absolute Gasteiger partial charge is 0.426 e. The number of allylic oxidation sites excluding steroid dienone is 4. The minimum atomic E-state index is -0.589. The number of anilines is 1. The van der Waals surface area contributed by atoms with Gasteiger partial charge in [-0.15, -0.1) is 0 Å². The van der Waals surface area contributed by atoms with Crippen LogP contribution in [0.25, 0.3) is 0 Å². The Morgan fingerprint density at radius 3 is 2.38 bits per heavy atom. The number of nitrogens with zero attached hydrogens (tertiary/aromatic N) is 1. The second-order valence-electron chi connectivity index (χ2n) is 7.41. The van der Waals surface area contributed by atoms with Crippen molar-refractivity contribution in [1.29, 1.82) is 0 Å². The number of carbonyl (C=O) groups excluding carboxylic acids is 4. The summed E-state index contributed by atoms with van der Waals surface area (Å²) < 4.78 is 5.18. The van der Waals surface area contributed by atoms with Crippen LogP contribution in [0, 0.1) is 0 Å². The molecule has 1 aromatic carbocycles. The van der Waals surface area contributed by atoms with Crippen LogP contribution in [0.15, 0.2) is 58.8 Å². The molecule has 1 amide bonds. The van der Waals surface area contributed by atoms with E-state index < -0.39 is 11.9 Å². The smallest absolute Gasteiger partial charge is 0.308 e. The number of halogens is 1. The van der Waals surface area contributed by atoms with Gasteiger partial charge in [-0.05, 0) is 50.6 Å². The van der Waals surface area contributed by atoms with Gasteiger partial charge in [0.1, 0.15) is 5.75 Å². The number of carbonyl (C=O) groups is 4. The van der Waals surface area contributed by atoms with Gasteiger partial charge in [0.2, 0.25) is 0 Å². The lowest BCUT2D eigenvalue weighted by molar-refractivity contribution is -0.131. The quantitative estimate of drug-likeness (QED) is 0.314. The van der Waals surface area contributed by atoms with Crippen molar-refractivity contribution in [1.82, 2.24) is 4.98 Å². The van der Waals surface area contributed by atoms with Crippen molar-refractivity contribution in [2.45, 2.75) is 34.1 Å². The summed E-state index contributed by atoms with van der Waals surface area (Å²) in [6.07, 6.45) is 1.63. The predicted molar refractivity (Wildman–Crippen MR) is 120 cm³/mol. The molecule has 8 heteroatoms. The number of ether oxygens (including phenoxy) is 1. The molecule has 32 heavy (non-hydrogen) atoms. The van der Waals surface area contributed by atoms with E-state index in [1.807, 2.05) is 0 Å². The number of hydrogen-bond acceptors (Lipinski definition) is 6. The van der Waals surface area contributed by atoms with Gasteiger partial charge in [-0.3, -0.25) is 19.2 Å². The van der Waals surface area contributed by atoms with E-state index in [0.717, 1.165) is 0 Å². The van der Waals surface area contributed by atoms with Crippen LogP contribution >= 0.6 is 11.6 Å². The highest BCUT2D eigenvalue weighted by atomic mass is 35.5. The lowest BCUT2D eigenvalue weighted by atomic mass is 9.83. The Bertz CT molecular complexity index is 1230. The standard InChI is InChI=1S/C24H21ClN2O5/c1-12-13(2)22(30)17(14(3)21(12)29)10-16-7-8-20(32-15(4)28)18(11-16)24(31)27-19-6-5-9-26-23(19)25/h5-9,11H,10H2,1-4H3,(H,27,31). The van der Waals surface area contributed by atoms with Crippen LogP contribution in [-0.4, -0.2) is 28.4 Å². The molecule has 0 fully saturated rings. The van der Waals surface area contributed by atoms with Crippen LogP contribution in [0.3, 0.4) is 0 Å². The van der Waals surface area contributed by atoms with Crippen molar-refractivity contribution >= 4 is 40.7 Å². The minimum absolute atomic E-state index is 0.0578. The zero-order chi connectivity index (χ0) is 23.6. The number of nitrogens with one attached hydrogen (secondary N) is 1. The molecule has 164 valence electrons. The molecule has 0 saturated carbocycles. The van der Waals surface area contributed by atoms with Crippen LogP contribution in [0.4, 0.5) is 5.69 Å². The zero-order valence-electron chi connectivity index (χ0n) is 18.0. The molecule has 0 saturated heterocycles. The molecule has 0 aliphatic heterocycles. The Morgan fingerprint density at radius 1 is 1.03 bits per heavy atom. The summed E-state index contributed by atoms with van der Waals surface area (Å²) in [5.41, 5.74) is 2.59. The maximum absolute atomic E-state index is 13.0. The molecule has 3 rings (SSSR count). The van der Waals surface area contributed by atoms with Gasteiger partial charge in [-0.2, -0.15) is 0 Å². The number of hydrogen-bond donors (Lipinski definition) is 1. The number of ketones is 2. The van der Waals surface area contributed by atoms with Crippen molar-refractivity contribution in [3.05, 3.63) is 75.1 Å². The van der Waals surface area contributed by atoms with Crippen molar-refractivity contribution in [3.63, 3.8) is 0 Å². The Hall–Kier alpha value is -3.58. The van der Waals surface area contributed by atoms with Crippen molar-refractivity contribution in [2.24, 2.45) is 0 Å². The topological polar surface area (TPSA) is 102 Å². The van der Waals surface area contributed by atoms with Crippen LogP contribution in [0.5, 0.6) is 5.75 Å². The number of esters is 1. The van der Waals surface area contributed by atoms with Crippen LogP contribution in [0.1, 0.15) is 43.6 Å². The molecule has 0 unspecified atom stereocenters. The maximum Gasteiger partial charge on any atom is 0.308 e. The molecular formula is C24H21ClN2O5. The molecule has 1 aliphatic rings. The molecule has 0 spiro atoms. The summed E-state index contributed by atoms with van der Waals surface area (Å²) in [7, 11) is 0. The highest BCUT2D eigenvalue weighted by Crippen LogP contribution is 2.29. The van der Waals surface area contributed by atoms with E-state index in [1.165, 1.54) is 25.3 Å². The third-order valence-corrected chi connectivity index (χ3v) is 5.54. The lowest BCUT2D eigenvalue weighted by Crippen LogP contribution is -2.22. The number of amides is 1. The van der Waals surface area contributed by atoms with E-state index in [2.05, 4.69) is 10.3 Å². The molecule has 1 heterocycles. The summed E-state index contributed by atoms with van der Waals surface area (Å²) in [6.45, 7) is 6.11. The first-order valence-electron chi connectivity index (χ1n) is 9.80. The van der Waals surface area contributed by atoms with E-state index in [-0.39, 0.29) is 34.5 Å². The van der Waals surface area contributed by atoms with E-state index in [1.54, 1.807) is 39.0 Å². The molecule has 1 aliphatic carbocycles. The van der Waals surface area contributed by atoms with E-state index in [9.17, 15) is 19.2 Å². The summed E-state index contributed by atoms with van der Waals surface area (Å²) in [5.74, 6) is -1.47. The molecular weight excluding hydrogens is 432 g/mol. The van der Waals surface area contributed by atoms with Gasteiger partial charge < -0.3 is 10.1 Å². The number of benzene rings is 1. The average molecular weight is 453 g/mol. The second-order valence-corrected chi connectivity index (χ2v) is 7.77. The van der Waals surface area contributed by atoms with E-state index in [4.69, 9.17) is 16.3 Å². The Balaban J connectivity index is 1.98. The number of pyridine rings is 1. The van der Waals surface area contributed by atoms with Crippen LogP contribution < -0.4 is 10.1 Å². The minimum Gasteiger partial charge on any atom is -0.426 e. The number of rotatable bonds is 5. The maximum atomic E-state index is 13.0. The fraction of sp³-hybridized carbons (Fsp3) is 0.208. The first-order valence-corrected chi connectivity index (χ1v) is 10.2. The Kier molecular flexibility index (Phi) is 6.69. The molecule has 1 N–H and O–H groups in total. The molecule has 7 nitrogen and oxygen atoms in total. The van der Waals surface area contributed by atoms with Gasteiger partial charge >= 0.3 is 5.97 Å². The van der Waals surface area contributed by atoms with Crippen molar-refractivity contribution in [3.8, 4) is 5.75 Å². The van der Waals surface area contributed by atoms with Crippen molar-refractivity contribution in [2.75, 3.05) is 5.32 Å². The van der Waals surface area contributed by atoms with E-state index in [0.29, 0.717) is 33.5 Å². The molecule has 0 atom stereocenters. The summed E-state index contributed by atoms with van der Waals surface area (Å²) in [5, 5.41) is 2.75. The van der Waals surface area contributed by atoms with Crippen molar-refractivity contribution < 1.29 is 23.9 Å². The van der Waals surface area contributed by atoms with Gasteiger partial charge in [0, 0.05) is 41.8 Å². The third kappa shape index (κ3) is 4.68. The normalized spacial score (nSPS) is 14.0. The first kappa shape index (κ1) is 23.1. The number of aromatic nitrogens is 1. The third-order valence-electron chi connectivity index (χ3n) is 5.24. The van der Waals surface area contributed by atoms with Gasteiger partial charge in [-0.25, -0.2) is 4.98 Å². The van der Waals surface area contributed by atoms with Crippen LogP contribution in [0.2, 0.25) is 5.15 Å². The molecule has 1 aromatic heterocycles. The molecule has 0 radical (unpaired) electrons. The summed E-state index contributed by atoms with van der Waals surface area (Å²) in [4.78, 5) is 53.6. The van der Waals surface area contributed by atoms with Gasteiger partial charge in [0.15, 0.2) is 16.7 Å². The molecule has 0 bridgehead atoms. The van der Waals surface area contributed by atoms with Gasteiger partial charge in [-0.1, -0.05) is 17.7 Å². The second kappa shape index (κ2) is 9.28. The zero-order valence-corrected chi connectivity index (χ0v) is 18.8. The van der Waals surface area contributed by atoms with Crippen LogP contribution in [-0.2, 0) is 20.8 Å². The lowest BCUT2D eigenvalue weighted by Gasteiger charge is -2.19. The average Bonchev–Trinajstić information content (AvgIpc) is 2.76. The fourth-order valence-electron chi connectivity index (χ4n) is 3.35. The monoisotopic (exact) mass is 452 g/mol.